The van der Waals surface area contributed by atoms with Crippen molar-refractivity contribution in [3.05, 3.63) is 91.3 Å². The van der Waals surface area contributed by atoms with Crippen LogP contribution in [-0.2, 0) is 0 Å². The summed E-state index contributed by atoms with van der Waals surface area (Å²) in [5.41, 5.74) is 5.52. The highest BCUT2D eigenvalue weighted by Gasteiger charge is 2.28. The van der Waals surface area contributed by atoms with E-state index in [9.17, 15) is 0 Å². The van der Waals surface area contributed by atoms with E-state index in [-0.39, 0.29) is 0 Å². The van der Waals surface area contributed by atoms with Crippen LogP contribution in [0, 0.1) is 5.92 Å². The lowest BCUT2D eigenvalue weighted by molar-refractivity contribution is 0.568. The number of fused-ring (bicyclic) bond motifs is 2. The molecule has 0 heteroatoms. The number of hydrogen-bond donors (Lipinski definition) is 0. The summed E-state index contributed by atoms with van der Waals surface area (Å²) in [5.74, 6) is 1.01. The van der Waals surface area contributed by atoms with Gasteiger partial charge in [0.2, 0.25) is 0 Å². The van der Waals surface area contributed by atoms with E-state index in [2.05, 4.69) is 80.2 Å². The zero-order valence-corrected chi connectivity index (χ0v) is 14.3. The molecule has 0 saturated heterocycles. The molecule has 0 N–H and O–H groups in total. The number of rotatable bonds is 1. The van der Waals surface area contributed by atoms with E-state index >= 15 is 0 Å². The van der Waals surface area contributed by atoms with Crippen LogP contribution in [0.25, 0.3) is 0 Å². The molecular formula is C23H30. The molecule has 4 aliphatic rings. The summed E-state index contributed by atoms with van der Waals surface area (Å²) in [5, 5.41) is 0. The molecule has 0 nitrogen and oxygen atoms in total. The van der Waals surface area contributed by atoms with Crippen molar-refractivity contribution >= 4 is 0 Å². The fourth-order valence-corrected chi connectivity index (χ4v) is 3.01. The molecule has 0 radical (unpaired) electrons. The van der Waals surface area contributed by atoms with E-state index < -0.39 is 0 Å². The molecule has 1 unspecified atom stereocenters. The van der Waals surface area contributed by atoms with Gasteiger partial charge in [-0.25, -0.2) is 0 Å². The van der Waals surface area contributed by atoms with Crippen LogP contribution in [-0.4, -0.2) is 0 Å². The van der Waals surface area contributed by atoms with Crippen molar-refractivity contribution in [1.29, 1.82) is 0 Å². The fraction of sp³-hybridized carbons (Fsp3) is 0.348. The van der Waals surface area contributed by atoms with Crippen molar-refractivity contribution < 1.29 is 0 Å². The Balaban J connectivity index is 0.000000166. The lowest BCUT2D eigenvalue weighted by Gasteiger charge is -2.06. The van der Waals surface area contributed by atoms with E-state index in [0.717, 1.165) is 25.2 Å². The number of hydrogen-bond acceptors (Lipinski definition) is 0. The van der Waals surface area contributed by atoms with Crippen LogP contribution in [0.1, 0.15) is 44.9 Å². The molecule has 2 bridgehead atoms. The van der Waals surface area contributed by atoms with Crippen LogP contribution < -0.4 is 0 Å². The van der Waals surface area contributed by atoms with Gasteiger partial charge >= 0.3 is 0 Å². The van der Waals surface area contributed by atoms with Crippen LogP contribution in [0.5, 0.6) is 0 Å². The van der Waals surface area contributed by atoms with Gasteiger partial charge in [0, 0.05) is 0 Å². The van der Waals surface area contributed by atoms with E-state index in [1.54, 1.807) is 11.1 Å². The summed E-state index contributed by atoms with van der Waals surface area (Å²) in [6.07, 6.45) is 28.1. The van der Waals surface area contributed by atoms with Crippen molar-refractivity contribution in [3.63, 3.8) is 0 Å². The molecule has 1 saturated carbocycles. The standard InChI is InChI=1S/C9H12.C6H8.C5H6.C3H4/c1-2-8-5-7-3-4-9(8)6-7;1-2-4-6-5-3-1;1-2-4-5-3-1;1-3-2/h2,7H,1,3-6H2;1-2,5-6H,3-4H2;1-4H,5H2;1-2H2. The van der Waals surface area contributed by atoms with Gasteiger partial charge in [-0.15, -0.1) is 5.73 Å². The highest BCUT2D eigenvalue weighted by atomic mass is 14.3. The van der Waals surface area contributed by atoms with Gasteiger partial charge in [0.1, 0.15) is 0 Å². The van der Waals surface area contributed by atoms with Crippen molar-refractivity contribution in [3.8, 4) is 0 Å². The van der Waals surface area contributed by atoms with Crippen molar-refractivity contribution in [1.82, 2.24) is 0 Å². The van der Waals surface area contributed by atoms with Gasteiger partial charge in [-0.1, -0.05) is 80.0 Å². The van der Waals surface area contributed by atoms with E-state index in [0.29, 0.717) is 0 Å². The Morgan fingerprint density at radius 3 is 1.61 bits per heavy atom. The first kappa shape index (κ1) is 19.0. The van der Waals surface area contributed by atoms with E-state index in [1.807, 2.05) is 0 Å². The summed E-state index contributed by atoms with van der Waals surface area (Å²) in [7, 11) is 0. The molecule has 4 aliphatic carbocycles. The largest absolute Gasteiger partial charge is 0.137 e. The third-order valence-electron chi connectivity index (χ3n) is 4.13. The first-order valence-electron chi connectivity index (χ1n) is 8.56. The van der Waals surface area contributed by atoms with Gasteiger partial charge in [-0.2, -0.15) is 0 Å². The highest BCUT2D eigenvalue weighted by Crippen LogP contribution is 2.44. The second-order valence-corrected chi connectivity index (χ2v) is 5.90. The van der Waals surface area contributed by atoms with Crippen LogP contribution in [0.2, 0.25) is 0 Å². The van der Waals surface area contributed by atoms with Crippen LogP contribution in [0.15, 0.2) is 91.3 Å². The van der Waals surface area contributed by atoms with Gasteiger partial charge in [0.15, 0.2) is 0 Å². The summed E-state index contributed by atoms with van der Waals surface area (Å²) in [6.45, 7) is 10.1. The fourth-order valence-electron chi connectivity index (χ4n) is 3.01. The Kier molecular flexibility index (Phi) is 10.3. The summed E-state index contributed by atoms with van der Waals surface area (Å²) >= 11 is 0. The third-order valence-corrected chi connectivity index (χ3v) is 4.13. The van der Waals surface area contributed by atoms with Crippen LogP contribution >= 0.6 is 0 Å². The molecule has 1 atom stereocenters. The molecule has 4 rings (SSSR count). The molecule has 0 heterocycles. The topological polar surface area (TPSA) is 0 Å². The van der Waals surface area contributed by atoms with Gasteiger partial charge in [-0.3, -0.25) is 0 Å². The molecule has 0 spiro atoms. The zero-order valence-electron chi connectivity index (χ0n) is 14.3. The lowest BCUT2D eigenvalue weighted by Crippen LogP contribution is -1.91. The first-order valence-corrected chi connectivity index (χ1v) is 8.56. The zero-order chi connectivity index (χ0) is 16.8. The van der Waals surface area contributed by atoms with Crippen LogP contribution in [0.4, 0.5) is 0 Å². The monoisotopic (exact) mass is 306 g/mol. The van der Waals surface area contributed by atoms with Gasteiger partial charge in [0.05, 0.1) is 0 Å². The summed E-state index contributed by atoms with van der Waals surface area (Å²) in [6, 6.07) is 0. The van der Waals surface area contributed by atoms with Crippen molar-refractivity contribution in [2.45, 2.75) is 44.9 Å². The quantitative estimate of drug-likeness (QED) is 0.360. The molecule has 0 aliphatic heterocycles. The first-order chi connectivity index (χ1) is 11.3. The molecule has 1 fully saturated rings. The Bertz CT molecular complexity index is 498. The molecular weight excluding hydrogens is 276 g/mol. The lowest BCUT2D eigenvalue weighted by atomic mass is 9.99. The maximum Gasteiger partial charge on any atom is -0.0163 e. The second kappa shape index (κ2) is 12.5. The maximum atomic E-state index is 3.80. The Morgan fingerprint density at radius 2 is 1.39 bits per heavy atom. The molecule has 0 aromatic rings. The van der Waals surface area contributed by atoms with Crippen LogP contribution in [0.3, 0.4) is 0 Å². The molecule has 0 aromatic carbocycles. The molecule has 0 amide bonds. The Morgan fingerprint density at radius 1 is 0.870 bits per heavy atom. The summed E-state index contributed by atoms with van der Waals surface area (Å²) < 4.78 is 0. The minimum Gasteiger partial charge on any atom is -0.137 e. The predicted molar refractivity (Wildman–Crippen MR) is 104 cm³/mol. The average Bonchev–Trinajstić information content (AvgIpc) is 3.37. The van der Waals surface area contributed by atoms with Crippen molar-refractivity contribution in [2.24, 2.45) is 5.92 Å². The number of allylic oxidation sites excluding steroid dienone is 11. The molecule has 0 aromatic heterocycles. The van der Waals surface area contributed by atoms with E-state index in [4.69, 9.17) is 0 Å². The highest BCUT2D eigenvalue weighted by molar-refractivity contribution is 5.32. The maximum absolute atomic E-state index is 3.80. The minimum absolute atomic E-state index is 1.01. The Hall–Kier alpha value is -2.04. The predicted octanol–water partition coefficient (Wildman–Crippen LogP) is 7.03. The van der Waals surface area contributed by atoms with E-state index in [1.165, 1.54) is 25.7 Å². The van der Waals surface area contributed by atoms with Crippen molar-refractivity contribution in [2.75, 3.05) is 0 Å². The van der Waals surface area contributed by atoms with Gasteiger partial charge in [-0.05, 0) is 56.4 Å². The Labute approximate surface area is 142 Å². The molecule has 23 heavy (non-hydrogen) atoms. The summed E-state index contributed by atoms with van der Waals surface area (Å²) in [4.78, 5) is 0. The second-order valence-electron chi connectivity index (χ2n) is 5.90. The average molecular weight is 306 g/mol. The van der Waals surface area contributed by atoms with Gasteiger partial charge in [0.25, 0.3) is 0 Å². The third kappa shape index (κ3) is 8.24. The molecule has 122 valence electrons. The normalized spacial score (nSPS) is 21.5. The smallest absolute Gasteiger partial charge is 0.0163 e. The SMILES string of the molecule is C1=CCC=C1.C1=CCC=CC1.C=C=C.C=CC1=C2CCC(C1)C2. The minimum atomic E-state index is 1.01. The van der Waals surface area contributed by atoms with Gasteiger partial charge < -0.3 is 0 Å².